The monoisotopic (exact) mass is 222 g/mol. The van der Waals surface area contributed by atoms with Crippen LogP contribution in [0.5, 0.6) is 0 Å². The number of hydrogen-bond acceptors (Lipinski definition) is 4. The van der Waals surface area contributed by atoms with Gasteiger partial charge in [-0.3, -0.25) is 4.79 Å². The second-order valence-corrected chi connectivity index (χ2v) is 4.52. The molecule has 1 aliphatic rings. The van der Waals surface area contributed by atoms with Crippen molar-refractivity contribution in [3.8, 4) is 0 Å². The van der Waals surface area contributed by atoms with E-state index in [0.717, 1.165) is 19.5 Å². The highest BCUT2D eigenvalue weighted by Gasteiger charge is 2.27. The fourth-order valence-electron chi connectivity index (χ4n) is 2.11. The Kier molecular flexibility index (Phi) is 2.96. The van der Waals surface area contributed by atoms with Gasteiger partial charge in [0.15, 0.2) is 5.82 Å². The van der Waals surface area contributed by atoms with Gasteiger partial charge in [0.25, 0.3) is 5.56 Å². The summed E-state index contributed by atoms with van der Waals surface area (Å²) in [5, 5.41) is 0. The summed E-state index contributed by atoms with van der Waals surface area (Å²) in [7, 11) is 1.74. The number of hydrogen-bond donors (Lipinski definition) is 1. The van der Waals surface area contributed by atoms with Gasteiger partial charge in [0.2, 0.25) is 0 Å². The van der Waals surface area contributed by atoms with Crippen LogP contribution in [-0.2, 0) is 7.05 Å². The molecule has 0 radical (unpaired) electrons. The van der Waals surface area contributed by atoms with E-state index in [4.69, 9.17) is 5.73 Å². The Bertz CT molecular complexity index is 426. The van der Waals surface area contributed by atoms with Crippen molar-refractivity contribution in [2.24, 2.45) is 18.7 Å². The Morgan fingerprint density at radius 3 is 3.00 bits per heavy atom. The molecule has 1 aliphatic heterocycles. The van der Waals surface area contributed by atoms with Gasteiger partial charge in [0.1, 0.15) is 0 Å². The molecule has 16 heavy (non-hydrogen) atoms. The second-order valence-electron chi connectivity index (χ2n) is 4.52. The van der Waals surface area contributed by atoms with Gasteiger partial charge < -0.3 is 15.2 Å². The molecule has 1 aromatic rings. The number of aryl methyl sites for hydroxylation is 1. The highest BCUT2D eigenvalue weighted by atomic mass is 16.1. The summed E-state index contributed by atoms with van der Waals surface area (Å²) in [6.07, 6.45) is 4.37. The van der Waals surface area contributed by atoms with E-state index in [0.29, 0.717) is 11.7 Å². The van der Waals surface area contributed by atoms with E-state index >= 15 is 0 Å². The first-order valence-electron chi connectivity index (χ1n) is 5.61. The largest absolute Gasteiger partial charge is 0.352 e. The summed E-state index contributed by atoms with van der Waals surface area (Å²) >= 11 is 0. The highest BCUT2D eigenvalue weighted by Crippen LogP contribution is 2.21. The van der Waals surface area contributed by atoms with Crippen molar-refractivity contribution in [1.82, 2.24) is 9.55 Å². The molecule has 2 unspecified atom stereocenters. The summed E-state index contributed by atoms with van der Waals surface area (Å²) in [4.78, 5) is 18.1. The van der Waals surface area contributed by atoms with Gasteiger partial charge in [-0.1, -0.05) is 0 Å². The predicted molar refractivity (Wildman–Crippen MR) is 63.4 cm³/mol. The van der Waals surface area contributed by atoms with Crippen LogP contribution in [0.3, 0.4) is 0 Å². The second kappa shape index (κ2) is 4.25. The fourth-order valence-corrected chi connectivity index (χ4v) is 2.11. The Morgan fingerprint density at radius 1 is 1.62 bits per heavy atom. The van der Waals surface area contributed by atoms with Crippen LogP contribution in [0.25, 0.3) is 0 Å². The van der Waals surface area contributed by atoms with Crippen LogP contribution < -0.4 is 16.2 Å². The molecule has 0 spiro atoms. The molecule has 0 bridgehead atoms. The minimum Gasteiger partial charge on any atom is -0.352 e. The standard InChI is InChI=1S/C11H18N4O/c1-8(12)9-3-5-15(7-9)10-11(16)14(2)6-4-13-10/h4,6,8-9H,3,5,7,12H2,1-2H3. The van der Waals surface area contributed by atoms with Crippen molar-refractivity contribution in [3.05, 3.63) is 22.7 Å². The average Bonchev–Trinajstić information content (AvgIpc) is 2.71. The lowest BCUT2D eigenvalue weighted by atomic mass is 10.0. The van der Waals surface area contributed by atoms with Crippen LogP contribution >= 0.6 is 0 Å². The zero-order chi connectivity index (χ0) is 11.7. The summed E-state index contributed by atoms with van der Waals surface area (Å²) < 4.78 is 1.56. The van der Waals surface area contributed by atoms with E-state index in [-0.39, 0.29) is 11.6 Å². The molecular weight excluding hydrogens is 204 g/mol. The van der Waals surface area contributed by atoms with Crippen LogP contribution in [0, 0.1) is 5.92 Å². The van der Waals surface area contributed by atoms with Crippen molar-refractivity contribution in [1.29, 1.82) is 0 Å². The van der Waals surface area contributed by atoms with E-state index in [2.05, 4.69) is 4.98 Å². The number of rotatable bonds is 2. The third-order valence-electron chi connectivity index (χ3n) is 3.27. The minimum atomic E-state index is -0.0344. The Labute approximate surface area is 94.9 Å². The molecule has 2 rings (SSSR count). The van der Waals surface area contributed by atoms with Crippen LogP contribution in [0.15, 0.2) is 17.2 Å². The maximum atomic E-state index is 11.9. The lowest BCUT2D eigenvalue weighted by molar-refractivity contribution is 0.488. The molecule has 5 nitrogen and oxygen atoms in total. The zero-order valence-corrected chi connectivity index (χ0v) is 9.76. The first kappa shape index (κ1) is 11.1. The average molecular weight is 222 g/mol. The first-order valence-corrected chi connectivity index (χ1v) is 5.61. The van der Waals surface area contributed by atoms with E-state index in [1.54, 1.807) is 24.0 Å². The molecule has 2 heterocycles. The maximum Gasteiger partial charge on any atom is 0.293 e. The Balaban J connectivity index is 2.21. The highest BCUT2D eigenvalue weighted by molar-refractivity contribution is 5.37. The number of aromatic nitrogens is 2. The normalized spacial score (nSPS) is 22.4. The molecule has 0 saturated carbocycles. The molecule has 0 aromatic carbocycles. The van der Waals surface area contributed by atoms with Crippen molar-refractivity contribution in [3.63, 3.8) is 0 Å². The van der Waals surface area contributed by atoms with E-state index in [1.165, 1.54) is 0 Å². The molecule has 0 amide bonds. The van der Waals surface area contributed by atoms with Gasteiger partial charge in [-0.25, -0.2) is 4.98 Å². The first-order chi connectivity index (χ1) is 7.59. The third kappa shape index (κ3) is 1.95. The van der Waals surface area contributed by atoms with Crippen molar-refractivity contribution >= 4 is 5.82 Å². The zero-order valence-electron chi connectivity index (χ0n) is 9.76. The molecule has 0 aliphatic carbocycles. The van der Waals surface area contributed by atoms with Gasteiger partial charge in [-0.15, -0.1) is 0 Å². The van der Waals surface area contributed by atoms with Crippen molar-refractivity contribution < 1.29 is 0 Å². The van der Waals surface area contributed by atoms with Crippen LogP contribution in [0.1, 0.15) is 13.3 Å². The predicted octanol–water partition coefficient (Wildman–Crippen LogP) is -0.0462. The fraction of sp³-hybridized carbons (Fsp3) is 0.636. The SMILES string of the molecule is CC(N)C1CCN(c2nccn(C)c2=O)C1. The summed E-state index contributed by atoms with van der Waals surface area (Å²) in [5.41, 5.74) is 5.84. The van der Waals surface area contributed by atoms with E-state index in [1.807, 2.05) is 11.8 Å². The number of nitrogens with two attached hydrogens (primary N) is 1. The van der Waals surface area contributed by atoms with E-state index in [9.17, 15) is 4.79 Å². The number of anilines is 1. The molecular formula is C11H18N4O. The summed E-state index contributed by atoms with van der Waals surface area (Å²) in [6, 6.07) is 0.178. The Morgan fingerprint density at radius 2 is 2.38 bits per heavy atom. The maximum absolute atomic E-state index is 11.9. The van der Waals surface area contributed by atoms with Gasteiger partial charge in [0, 0.05) is 38.6 Å². The van der Waals surface area contributed by atoms with E-state index < -0.39 is 0 Å². The lowest BCUT2D eigenvalue weighted by Crippen LogP contribution is -2.33. The topological polar surface area (TPSA) is 64.2 Å². The molecule has 2 atom stereocenters. The van der Waals surface area contributed by atoms with Crippen molar-refractivity contribution in [2.75, 3.05) is 18.0 Å². The van der Waals surface area contributed by atoms with Crippen LogP contribution in [0.4, 0.5) is 5.82 Å². The summed E-state index contributed by atoms with van der Waals surface area (Å²) in [5.74, 6) is 1.01. The molecule has 2 N–H and O–H groups in total. The number of nitrogens with zero attached hydrogens (tertiary/aromatic N) is 3. The van der Waals surface area contributed by atoms with Gasteiger partial charge in [0.05, 0.1) is 0 Å². The summed E-state index contributed by atoms with van der Waals surface area (Å²) in [6.45, 7) is 3.73. The third-order valence-corrected chi connectivity index (χ3v) is 3.27. The quantitative estimate of drug-likeness (QED) is 0.762. The molecule has 1 fully saturated rings. The van der Waals surface area contributed by atoms with Crippen molar-refractivity contribution in [2.45, 2.75) is 19.4 Å². The molecule has 1 saturated heterocycles. The minimum absolute atomic E-state index is 0.0344. The van der Waals surface area contributed by atoms with Gasteiger partial charge >= 0.3 is 0 Å². The molecule has 88 valence electrons. The Hall–Kier alpha value is -1.36. The smallest absolute Gasteiger partial charge is 0.293 e. The van der Waals surface area contributed by atoms with Gasteiger partial charge in [-0.2, -0.15) is 0 Å². The van der Waals surface area contributed by atoms with Crippen LogP contribution in [0.2, 0.25) is 0 Å². The lowest BCUT2D eigenvalue weighted by Gasteiger charge is -2.18. The molecule has 1 aromatic heterocycles. The van der Waals surface area contributed by atoms with Crippen LogP contribution in [-0.4, -0.2) is 28.7 Å². The molecule has 5 heteroatoms. The van der Waals surface area contributed by atoms with Gasteiger partial charge in [-0.05, 0) is 19.3 Å².